The van der Waals surface area contributed by atoms with Gasteiger partial charge in [0.1, 0.15) is 0 Å². The van der Waals surface area contributed by atoms with Crippen LogP contribution in [0.3, 0.4) is 0 Å². The van der Waals surface area contributed by atoms with Crippen LogP contribution in [0.1, 0.15) is 26.2 Å². The molecule has 1 unspecified atom stereocenters. The molecule has 0 aliphatic carbocycles. The van der Waals surface area contributed by atoms with Gasteiger partial charge >= 0.3 is 0 Å². The van der Waals surface area contributed by atoms with E-state index in [-0.39, 0.29) is 11.8 Å². The minimum Gasteiger partial charge on any atom is -0.316 e. The summed E-state index contributed by atoms with van der Waals surface area (Å²) in [5, 5.41) is 3.10. The molecule has 1 aliphatic rings. The molecule has 1 atom stereocenters. The molecule has 0 aromatic heterocycles. The maximum atomic E-state index is 11.7. The molecule has 1 saturated heterocycles. The van der Waals surface area contributed by atoms with Gasteiger partial charge in [-0.1, -0.05) is 6.92 Å². The third-order valence-corrected chi connectivity index (χ3v) is 5.13. The van der Waals surface area contributed by atoms with E-state index < -0.39 is 10.0 Å². The van der Waals surface area contributed by atoms with Crippen molar-refractivity contribution in [1.29, 1.82) is 0 Å². The Labute approximate surface area is 103 Å². The molecule has 0 aromatic rings. The van der Waals surface area contributed by atoms with Gasteiger partial charge in [0.05, 0.1) is 5.75 Å². The van der Waals surface area contributed by atoms with E-state index in [4.69, 9.17) is 0 Å². The highest BCUT2D eigenvalue weighted by Gasteiger charge is 2.19. The Hall–Kier alpha value is 0.220. The summed E-state index contributed by atoms with van der Waals surface area (Å²) in [5.74, 6) is 2.27. The SMILES string of the molecule is CCCNCCS(=O)(=O)NC1CCCSC1. The minimum atomic E-state index is -3.09. The van der Waals surface area contributed by atoms with Crippen LogP contribution in [0.2, 0.25) is 0 Å². The van der Waals surface area contributed by atoms with Crippen molar-refractivity contribution >= 4 is 21.8 Å². The molecule has 0 bridgehead atoms. The summed E-state index contributed by atoms with van der Waals surface area (Å²) in [6.07, 6.45) is 3.13. The first-order valence-corrected chi connectivity index (χ1v) is 8.73. The van der Waals surface area contributed by atoms with Gasteiger partial charge in [-0.25, -0.2) is 13.1 Å². The molecule has 16 heavy (non-hydrogen) atoms. The molecule has 0 amide bonds. The Morgan fingerprint density at radius 1 is 1.38 bits per heavy atom. The van der Waals surface area contributed by atoms with E-state index in [1.807, 2.05) is 11.8 Å². The highest BCUT2D eigenvalue weighted by atomic mass is 32.2. The largest absolute Gasteiger partial charge is 0.316 e. The van der Waals surface area contributed by atoms with Gasteiger partial charge in [-0.15, -0.1) is 0 Å². The van der Waals surface area contributed by atoms with E-state index in [1.165, 1.54) is 0 Å². The quantitative estimate of drug-likeness (QED) is 0.669. The molecule has 4 nitrogen and oxygen atoms in total. The van der Waals surface area contributed by atoms with Crippen molar-refractivity contribution in [2.45, 2.75) is 32.2 Å². The molecule has 0 aromatic carbocycles. The molecule has 2 N–H and O–H groups in total. The molecule has 0 radical (unpaired) electrons. The lowest BCUT2D eigenvalue weighted by atomic mass is 10.2. The lowest BCUT2D eigenvalue weighted by Crippen LogP contribution is -2.41. The molecule has 1 aliphatic heterocycles. The number of sulfonamides is 1. The first-order chi connectivity index (χ1) is 7.64. The Bertz CT molecular complexity index is 275. The summed E-state index contributed by atoms with van der Waals surface area (Å²) in [5.41, 5.74) is 0. The van der Waals surface area contributed by atoms with Crippen molar-refractivity contribution in [1.82, 2.24) is 10.0 Å². The first-order valence-electron chi connectivity index (χ1n) is 5.92. The predicted molar refractivity (Wildman–Crippen MR) is 70.4 cm³/mol. The standard InChI is InChI=1S/C10H22N2O2S2/c1-2-5-11-6-8-16(13,14)12-10-4-3-7-15-9-10/h10-12H,2-9H2,1H3. The predicted octanol–water partition coefficient (Wildman–Crippen LogP) is 0.801. The molecule has 0 saturated carbocycles. The lowest BCUT2D eigenvalue weighted by molar-refractivity contribution is 0.540. The second-order valence-electron chi connectivity index (χ2n) is 4.10. The fourth-order valence-corrected chi connectivity index (χ4v) is 4.07. The van der Waals surface area contributed by atoms with Crippen LogP contribution in [0.5, 0.6) is 0 Å². The molecule has 0 spiro atoms. The topological polar surface area (TPSA) is 58.2 Å². The Balaban J connectivity index is 2.22. The fraction of sp³-hybridized carbons (Fsp3) is 1.00. The van der Waals surface area contributed by atoms with Crippen molar-refractivity contribution < 1.29 is 8.42 Å². The zero-order valence-corrected chi connectivity index (χ0v) is 11.5. The van der Waals surface area contributed by atoms with Crippen molar-refractivity contribution in [2.24, 2.45) is 0 Å². The van der Waals surface area contributed by atoms with Crippen molar-refractivity contribution in [2.75, 3.05) is 30.3 Å². The van der Waals surface area contributed by atoms with Crippen LogP contribution in [0.15, 0.2) is 0 Å². The molecular weight excluding hydrogens is 244 g/mol. The molecule has 1 rings (SSSR count). The van der Waals surface area contributed by atoms with E-state index in [2.05, 4.69) is 17.0 Å². The normalized spacial score (nSPS) is 22.2. The van der Waals surface area contributed by atoms with Gasteiger partial charge in [0.15, 0.2) is 0 Å². The van der Waals surface area contributed by atoms with Crippen LogP contribution in [-0.4, -0.2) is 44.8 Å². The van der Waals surface area contributed by atoms with Crippen molar-refractivity contribution in [3.05, 3.63) is 0 Å². The van der Waals surface area contributed by atoms with Crippen LogP contribution >= 0.6 is 11.8 Å². The van der Waals surface area contributed by atoms with Crippen LogP contribution in [0.25, 0.3) is 0 Å². The average Bonchev–Trinajstić information content (AvgIpc) is 2.25. The smallest absolute Gasteiger partial charge is 0.213 e. The Kier molecular flexibility index (Phi) is 6.72. The summed E-state index contributed by atoms with van der Waals surface area (Å²) < 4.78 is 26.2. The average molecular weight is 266 g/mol. The monoisotopic (exact) mass is 266 g/mol. The fourth-order valence-electron chi connectivity index (χ4n) is 1.65. The zero-order valence-electron chi connectivity index (χ0n) is 9.87. The van der Waals surface area contributed by atoms with Gasteiger partial charge in [-0.3, -0.25) is 0 Å². The number of nitrogens with one attached hydrogen (secondary N) is 2. The van der Waals surface area contributed by atoms with Crippen molar-refractivity contribution in [3.8, 4) is 0 Å². The van der Waals surface area contributed by atoms with Crippen LogP contribution in [0, 0.1) is 0 Å². The van der Waals surface area contributed by atoms with Crippen LogP contribution in [0.4, 0.5) is 0 Å². The summed E-state index contributed by atoms with van der Waals surface area (Å²) in [4.78, 5) is 0. The van der Waals surface area contributed by atoms with Crippen LogP contribution < -0.4 is 10.0 Å². The maximum Gasteiger partial charge on any atom is 0.213 e. The molecular formula is C10H22N2O2S2. The second-order valence-corrected chi connectivity index (χ2v) is 7.12. The van der Waals surface area contributed by atoms with Crippen LogP contribution in [-0.2, 0) is 10.0 Å². The van der Waals surface area contributed by atoms with E-state index >= 15 is 0 Å². The van der Waals surface area contributed by atoms with Gasteiger partial charge in [0, 0.05) is 18.3 Å². The molecule has 1 fully saturated rings. The summed E-state index contributed by atoms with van der Waals surface area (Å²) in [6.45, 7) is 3.50. The van der Waals surface area contributed by atoms with Gasteiger partial charge in [-0.05, 0) is 31.6 Å². The van der Waals surface area contributed by atoms with E-state index in [0.29, 0.717) is 6.54 Å². The van der Waals surface area contributed by atoms with Gasteiger partial charge in [-0.2, -0.15) is 11.8 Å². The van der Waals surface area contributed by atoms with E-state index in [0.717, 1.165) is 37.3 Å². The molecule has 96 valence electrons. The second kappa shape index (κ2) is 7.53. The Morgan fingerprint density at radius 2 is 2.19 bits per heavy atom. The third kappa shape index (κ3) is 6.08. The Morgan fingerprint density at radius 3 is 2.81 bits per heavy atom. The first kappa shape index (κ1) is 14.3. The maximum absolute atomic E-state index is 11.7. The summed E-state index contributed by atoms with van der Waals surface area (Å²) in [7, 11) is -3.09. The highest BCUT2D eigenvalue weighted by molar-refractivity contribution is 7.99. The van der Waals surface area contributed by atoms with Gasteiger partial charge < -0.3 is 5.32 Å². The molecule has 6 heteroatoms. The summed E-state index contributed by atoms with van der Waals surface area (Å²) >= 11 is 1.83. The molecule has 1 heterocycles. The number of thioether (sulfide) groups is 1. The minimum absolute atomic E-state index is 0.148. The highest BCUT2D eigenvalue weighted by Crippen LogP contribution is 2.17. The zero-order chi connectivity index (χ0) is 11.9. The number of rotatable bonds is 7. The van der Waals surface area contributed by atoms with Gasteiger partial charge in [0.25, 0.3) is 0 Å². The third-order valence-electron chi connectivity index (χ3n) is 2.48. The number of hydrogen-bond acceptors (Lipinski definition) is 4. The van der Waals surface area contributed by atoms with E-state index in [9.17, 15) is 8.42 Å². The van der Waals surface area contributed by atoms with E-state index in [1.54, 1.807) is 0 Å². The lowest BCUT2D eigenvalue weighted by Gasteiger charge is -2.22. The van der Waals surface area contributed by atoms with Crippen molar-refractivity contribution in [3.63, 3.8) is 0 Å². The summed E-state index contributed by atoms with van der Waals surface area (Å²) in [6, 6.07) is 0.148. The van der Waals surface area contributed by atoms with Gasteiger partial charge in [0.2, 0.25) is 10.0 Å². The number of hydrogen-bond donors (Lipinski definition) is 2.